The van der Waals surface area contributed by atoms with E-state index in [1.54, 1.807) is 12.3 Å². The molecular weight excluding hydrogens is 562 g/mol. The number of carbonyl (C=O) groups is 1. The predicted octanol–water partition coefficient (Wildman–Crippen LogP) is 5.45. The Labute approximate surface area is 256 Å². The fraction of sp³-hybridized carbons (Fsp3) is 0.394. The third-order valence-electron chi connectivity index (χ3n) is 9.01. The zero-order valence-corrected chi connectivity index (χ0v) is 25.7. The number of piperazine rings is 1. The van der Waals surface area contributed by atoms with E-state index in [9.17, 15) is 9.59 Å². The zero-order valence-electron chi connectivity index (χ0n) is 24.9. The minimum absolute atomic E-state index is 0.0607. The van der Waals surface area contributed by atoms with Crippen LogP contribution in [0, 0.1) is 13.8 Å². The van der Waals surface area contributed by atoms with E-state index in [2.05, 4.69) is 57.6 Å². The first-order chi connectivity index (χ1) is 20.8. The number of hydrogen-bond acceptors (Lipinski definition) is 7. The topological polar surface area (TPSA) is 95.4 Å². The van der Waals surface area contributed by atoms with E-state index in [0.29, 0.717) is 27.7 Å². The molecule has 2 fully saturated rings. The molecule has 1 amide bonds. The minimum atomic E-state index is -0.109. The molecule has 0 bridgehead atoms. The van der Waals surface area contributed by atoms with E-state index in [-0.39, 0.29) is 17.6 Å². The first kappa shape index (κ1) is 29.1. The molecular formula is C33H38ClN7O2. The molecule has 3 heterocycles. The van der Waals surface area contributed by atoms with Gasteiger partial charge in [0.25, 0.3) is 5.56 Å². The highest BCUT2D eigenvalue weighted by Gasteiger charge is 2.28. The highest BCUT2D eigenvalue weighted by atomic mass is 35.5. The lowest BCUT2D eigenvalue weighted by molar-refractivity contribution is -0.110. The number of hydrogen-bond donors (Lipinski definition) is 2. The Morgan fingerprint density at radius 2 is 1.74 bits per heavy atom. The Kier molecular flexibility index (Phi) is 8.36. The molecule has 4 aromatic rings. The maximum atomic E-state index is 14.3. The average Bonchev–Trinajstić information content (AvgIpc) is 3.00. The highest BCUT2D eigenvalue weighted by Crippen LogP contribution is 2.35. The minimum Gasteiger partial charge on any atom is -0.369 e. The summed E-state index contributed by atoms with van der Waals surface area (Å²) >= 11 is 6.61. The van der Waals surface area contributed by atoms with Crippen LogP contribution in [0.3, 0.4) is 0 Å². The highest BCUT2D eigenvalue weighted by molar-refractivity contribution is 6.33. The van der Waals surface area contributed by atoms with Crippen LogP contribution in [0.1, 0.15) is 42.9 Å². The largest absolute Gasteiger partial charge is 0.369 e. The third kappa shape index (κ3) is 5.84. The van der Waals surface area contributed by atoms with Crippen molar-refractivity contribution < 1.29 is 4.79 Å². The van der Waals surface area contributed by atoms with Crippen molar-refractivity contribution in [1.29, 1.82) is 0 Å². The first-order valence-corrected chi connectivity index (χ1v) is 15.4. The smallest absolute Gasteiger partial charge is 0.260 e. The van der Waals surface area contributed by atoms with Crippen molar-refractivity contribution in [2.45, 2.75) is 51.6 Å². The van der Waals surface area contributed by atoms with Crippen LogP contribution in [0.2, 0.25) is 5.02 Å². The summed E-state index contributed by atoms with van der Waals surface area (Å²) in [6, 6.07) is 13.9. The molecule has 1 aliphatic heterocycles. The second-order valence-electron chi connectivity index (χ2n) is 11.8. The molecule has 0 unspecified atom stereocenters. The Balaban J connectivity index is 1.39. The van der Waals surface area contributed by atoms with Gasteiger partial charge in [-0.25, -0.2) is 4.98 Å². The average molecular weight is 600 g/mol. The second-order valence-corrected chi connectivity index (χ2v) is 12.2. The molecule has 2 aromatic carbocycles. The molecule has 1 saturated heterocycles. The molecule has 2 aromatic heterocycles. The number of nitrogens with one attached hydrogen (secondary N) is 2. The number of benzene rings is 2. The van der Waals surface area contributed by atoms with E-state index < -0.39 is 0 Å². The van der Waals surface area contributed by atoms with Gasteiger partial charge in [-0.1, -0.05) is 29.8 Å². The number of aromatic nitrogens is 3. The monoisotopic (exact) mass is 599 g/mol. The van der Waals surface area contributed by atoms with E-state index in [1.165, 1.54) is 11.3 Å². The van der Waals surface area contributed by atoms with E-state index in [0.717, 1.165) is 74.9 Å². The second kappa shape index (κ2) is 12.3. The van der Waals surface area contributed by atoms with Crippen molar-refractivity contribution in [3.8, 4) is 11.1 Å². The zero-order chi connectivity index (χ0) is 30.1. The summed E-state index contributed by atoms with van der Waals surface area (Å²) in [6.45, 7) is 8.20. The van der Waals surface area contributed by atoms with Gasteiger partial charge in [-0.15, -0.1) is 0 Å². The van der Waals surface area contributed by atoms with Crippen LogP contribution in [-0.4, -0.2) is 65.1 Å². The van der Waals surface area contributed by atoms with Crippen LogP contribution in [0.4, 0.5) is 17.3 Å². The number of fused-ring (bicyclic) bond motifs is 1. The normalized spacial score (nSPS) is 19.4. The summed E-state index contributed by atoms with van der Waals surface area (Å²) in [5, 5.41) is 7.64. The number of pyridine rings is 1. The lowest BCUT2D eigenvalue weighted by atomic mass is 9.90. The summed E-state index contributed by atoms with van der Waals surface area (Å²) in [5.41, 5.74) is 5.91. The number of rotatable bonds is 7. The van der Waals surface area contributed by atoms with Gasteiger partial charge < -0.3 is 20.4 Å². The van der Waals surface area contributed by atoms with Crippen molar-refractivity contribution in [2.24, 2.45) is 0 Å². The molecule has 0 spiro atoms. The molecule has 6 rings (SSSR count). The molecule has 1 saturated carbocycles. The Hall–Kier alpha value is -3.95. The molecule has 0 atom stereocenters. The van der Waals surface area contributed by atoms with Crippen molar-refractivity contribution >= 4 is 46.4 Å². The van der Waals surface area contributed by atoms with Gasteiger partial charge in [0.2, 0.25) is 12.4 Å². The Morgan fingerprint density at radius 3 is 2.44 bits per heavy atom. The third-order valence-corrected chi connectivity index (χ3v) is 9.34. The molecule has 43 heavy (non-hydrogen) atoms. The van der Waals surface area contributed by atoms with Crippen LogP contribution in [0.5, 0.6) is 0 Å². The Morgan fingerprint density at radius 1 is 1.00 bits per heavy atom. The van der Waals surface area contributed by atoms with Gasteiger partial charge in [-0.05, 0) is 82.0 Å². The maximum absolute atomic E-state index is 14.3. The maximum Gasteiger partial charge on any atom is 0.260 e. The van der Waals surface area contributed by atoms with E-state index in [4.69, 9.17) is 16.6 Å². The van der Waals surface area contributed by atoms with Crippen LogP contribution in [-0.2, 0) is 4.79 Å². The van der Waals surface area contributed by atoms with Crippen LogP contribution >= 0.6 is 11.6 Å². The van der Waals surface area contributed by atoms with Crippen LogP contribution < -0.4 is 21.1 Å². The number of amides is 1. The van der Waals surface area contributed by atoms with Crippen molar-refractivity contribution in [3.63, 3.8) is 0 Å². The summed E-state index contributed by atoms with van der Waals surface area (Å²) in [4.78, 5) is 39.8. The molecule has 2 aliphatic rings. The van der Waals surface area contributed by atoms with Gasteiger partial charge >= 0.3 is 0 Å². The Bertz CT molecular complexity index is 1710. The molecule has 1 aliphatic carbocycles. The van der Waals surface area contributed by atoms with Gasteiger partial charge in [-0.2, -0.15) is 4.98 Å². The quantitative estimate of drug-likeness (QED) is 0.273. The number of likely N-dealkylation sites (N-methyl/N-ethyl adjacent to an activating group) is 1. The molecule has 224 valence electrons. The number of anilines is 3. The standard InChI is InChI=1S/C33H38ClN7O2/c1-21-18-24(10-13-29(21)40-16-14-39(3)15-17-40)37-33-35-19-27-22(2)30(26-6-4-5-7-28(26)34)32(43)41(31(27)38-33)25-11-8-23(9-12-25)36-20-42/h4-7,10,13,18-20,23,25H,8-9,11-12,14-17H2,1-3H3,(H,36,42)(H,35,37,38). The fourth-order valence-electron chi connectivity index (χ4n) is 6.57. The molecule has 9 nitrogen and oxygen atoms in total. The van der Waals surface area contributed by atoms with E-state index >= 15 is 0 Å². The van der Waals surface area contributed by atoms with Gasteiger partial charge in [0.15, 0.2) is 0 Å². The number of halogens is 1. The van der Waals surface area contributed by atoms with Gasteiger partial charge in [0.05, 0.1) is 5.56 Å². The molecule has 2 N–H and O–H groups in total. The summed E-state index contributed by atoms with van der Waals surface area (Å²) in [6.07, 6.45) is 5.67. The fourth-order valence-corrected chi connectivity index (χ4v) is 6.80. The van der Waals surface area contributed by atoms with Gasteiger partial charge in [-0.3, -0.25) is 14.2 Å². The summed E-state index contributed by atoms with van der Waals surface area (Å²) in [5.74, 6) is 0.439. The number of nitrogens with zero attached hydrogens (tertiary/aromatic N) is 5. The van der Waals surface area contributed by atoms with Gasteiger partial charge in [0.1, 0.15) is 5.65 Å². The SMILES string of the molecule is Cc1cc(Nc2ncc3c(C)c(-c4ccccc4Cl)c(=O)n(C4CCC(NC=O)CC4)c3n2)ccc1N1CCN(C)CC1. The first-order valence-electron chi connectivity index (χ1n) is 15.0. The van der Waals surface area contributed by atoms with Crippen LogP contribution in [0.25, 0.3) is 22.2 Å². The van der Waals surface area contributed by atoms with E-state index in [1.807, 2.05) is 29.7 Å². The lowest BCUT2D eigenvalue weighted by Gasteiger charge is -2.35. The van der Waals surface area contributed by atoms with Crippen LogP contribution in [0.15, 0.2) is 53.5 Å². The number of carbonyl (C=O) groups excluding carboxylic acids is 1. The van der Waals surface area contributed by atoms with Crippen molar-refractivity contribution in [1.82, 2.24) is 24.8 Å². The molecule has 10 heteroatoms. The van der Waals surface area contributed by atoms with Crippen molar-refractivity contribution in [3.05, 3.63) is 75.2 Å². The van der Waals surface area contributed by atoms with Crippen molar-refractivity contribution in [2.75, 3.05) is 43.4 Å². The number of aryl methyl sites for hydroxylation is 2. The molecule has 0 radical (unpaired) electrons. The lowest BCUT2D eigenvalue weighted by Crippen LogP contribution is -2.44. The summed E-state index contributed by atoms with van der Waals surface area (Å²) < 4.78 is 1.84. The summed E-state index contributed by atoms with van der Waals surface area (Å²) in [7, 11) is 2.16. The predicted molar refractivity (Wildman–Crippen MR) is 174 cm³/mol. The van der Waals surface area contributed by atoms with Gasteiger partial charge in [0, 0.05) is 71.8 Å².